The highest BCUT2D eigenvalue weighted by atomic mass is 16.5. The zero-order valence-electron chi connectivity index (χ0n) is 17.5. The van der Waals surface area contributed by atoms with E-state index in [2.05, 4.69) is 15.6 Å². The van der Waals surface area contributed by atoms with Gasteiger partial charge in [-0.25, -0.2) is 9.97 Å². The van der Waals surface area contributed by atoms with E-state index >= 15 is 0 Å². The highest BCUT2D eigenvalue weighted by Gasteiger charge is 2.33. The van der Waals surface area contributed by atoms with E-state index in [1.165, 1.54) is 31.5 Å². The normalized spacial score (nSPS) is 19.6. The first-order valence-corrected chi connectivity index (χ1v) is 11.0. The lowest BCUT2D eigenvalue weighted by atomic mass is 10.1. The Morgan fingerprint density at radius 3 is 2.80 bits per heavy atom. The first-order valence-electron chi connectivity index (χ1n) is 11.0. The van der Waals surface area contributed by atoms with Crippen LogP contribution in [0.25, 0.3) is 11.2 Å². The van der Waals surface area contributed by atoms with Gasteiger partial charge in [0.15, 0.2) is 5.65 Å². The minimum absolute atomic E-state index is 0.154. The third-order valence-corrected chi connectivity index (χ3v) is 6.61. The molecular formula is C24H28N4O2. The Hall–Kier alpha value is -2.89. The third-order valence-electron chi connectivity index (χ3n) is 6.61. The smallest absolute Gasteiger partial charge is 0.227 e. The monoisotopic (exact) mass is 404 g/mol. The molecule has 6 heteroatoms. The Balaban J connectivity index is 1.38. The summed E-state index contributed by atoms with van der Waals surface area (Å²) >= 11 is 0. The molecule has 3 aromatic rings. The van der Waals surface area contributed by atoms with Crippen LogP contribution in [0.4, 0.5) is 0 Å². The summed E-state index contributed by atoms with van der Waals surface area (Å²) in [4.78, 5) is 24.7. The number of carbonyl (C=O) groups excluding carboxylic acids is 1. The summed E-state index contributed by atoms with van der Waals surface area (Å²) in [5.41, 5.74) is 2.87. The molecule has 156 valence electrons. The van der Waals surface area contributed by atoms with Crippen LogP contribution in [-0.4, -0.2) is 45.5 Å². The Labute approximate surface area is 176 Å². The van der Waals surface area contributed by atoms with Crippen molar-refractivity contribution in [2.45, 2.75) is 50.5 Å². The van der Waals surface area contributed by atoms with Crippen molar-refractivity contribution in [3.8, 4) is 5.75 Å². The molecule has 2 aromatic heterocycles. The van der Waals surface area contributed by atoms with Crippen LogP contribution in [-0.2, 0) is 11.2 Å². The second kappa shape index (κ2) is 8.09. The average Bonchev–Trinajstić information content (AvgIpc) is 3.52. The summed E-state index contributed by atoms with van der Waals surface area (Å²) in [5, 5.41) is 0. The molecule has 0 N–H and O–H groups in total. The van der Waals surface area contributed by atoms with Gasteiger partial charge in [-0.3, -0.25) is 4.79 Å². The van der Waals surface area contributed by atoms with E-state index in [9.17, 15) is 4.79 Å². The molecule has 0 unspecified atom stereocenters. The number of nitrogens with zero attached hydrogens (tertiary/aromatic N) is 4. The number of hydrogen-bond donors (Lipinski definition) is 0. The number of likely N-dealkylation sites (tertiary alicyclic amines) is 1. The van der Waals surface area contributed by atoms with Crippen molar-refractivity contribution in [1.29, 1.82) is 0 Å². The number of aromatic nitrogens is 3. The largest absolute Gasteiger partial charge is 0.496 e. The first kappa shape index (κ1) is 19.1. The van der Waals surface area contributed by atoms with Gasteiger partial charge < -0.3 is 14.2 Å². The van der Waals surface area contributed by atoms with Gasteiger partial charge in [-0.05, 0) is 37.5 Å². The van der Waals surface area contributed by atoms with Crippen molar-refractivity contribution in [1.82, 2.24) is 19.4 Å². The van der Waals surface area contributed by atoms with Gasteiger partial charge in [-0.1, -0.05) is 31.0 Å². The number of carbonyl (C=O) groups is 1. The van der Waals surface area contributed by atoms with Crippen molar-refractivity contribution in [3.05, 3.63) is 54.0 Å². The number of para-hydroxylation sites is 1. The lowest BCUT2D eigenvalue weighted by Crippen LogP contribution is -2.30. The standard InChI is InChI=1S/C24H28N4O2/c1-30-21-11-5-4-9-18(21)15-22(29)27-14-12-19(16-27)28-23(17-7-2-3-8-17)26-20-10-6-13-25-24(20)28/h4-6,9-11,13,17,19H,2-3,7-8,12,14-16H2,1H3/t19-/m1/s1. The van der Waals surface area contributed by atoms with Crippen LogP contribution in [0.2, 0.25) is 0 Å². The van der Waals surface area contributed by atoms with E-state index in [-0.39, 0.29) is 11.9 Å². The van der Waals surface area contributed by atoms with Gasteiger partial charge in [-0.15, -0.1) is 0 Å². The molecule has 2 fully saturated rings. The maximum absolute atomic E-state index is 13.0. The zero-order chi connectivity index (χ0) is 20.5. The van der Waals surface area contributed by atoms with Crippen molar-refractivity contribution in [2.24, 2.45) is 0 Å². The molecule has 1 aliphatic carbocycles. The Morgan fingerprint density at radius 1 is 1.13 bits per heavy atom. The zero-order valence-corrected chi connectivity index (χ0v) is 17.5. The molecule has 0 bridgehead atoms. The fourth-order valence-electron chi connectivity index (χ4n) is 5.08. The molecule has 1 saturated heterocycles. The number of methoxy groups -OCH3 is 1. The van der Waals surface area contributed by atoms with Crippen LogP contribution < -0.4 is 4.74 Å². The van der Waals surface area contributed by atoms with Gasteiger partial charge in [-0.2, -0.15) is 0 Å². The maximum atomic E-state index is 13.0. The number of imidazole rings is 1. The number of benzene rings is 1. The minimum atomic E-state index is 0.154. The molecule has 1 atom stereocenters. The minimum Gasteiger partial charge on any atom is -0.496 e. The first-order chi connectivity index (χ1) is 14.7. The highest BCUT2D eigenvalue weighted by molar-refractivity contribution is 5.80. The summed E-state index contributed by atoms with van der Waals surface area (Å²) in [5.74, 6) is 2.61. The quantitative estimate of drug-likeness (QED) is 0.642. The molecule has 1 aliphatic heterocycles. The molecule has 0 radical (unpaired) electrons. The molecule has 1 aromatic carbocycles. The van der Waals surface area contributed by atoms with Gasteiger partial charge in [0.05, 0.1) is 19.6 Å². The lowest BCUT2D eigenvalue weighted by Gasteiger charge is -2.21. The summed E-state index contributed by atoms with van der Waals surface area (Å²) < 4.78 is 7.77. The van der Waals surface area contributed by atoms with Crippen LogP contribution in [0.1, 0.15) is 55.5 Å². The van der Waals surface area contributed by atoms with Crippen LogP contribution in [0.5, 0.6) is 5.75 Å². The fourth-order valence-corrected chi connectivity index (χ4v) is 5.08. The number of amides is 1. The maximum Gasteiger partial charge on any atom is 0.227 e. The van der Waals surface area contributed by atoms with E-state index in [0.29, 0.717) is 12.3 Å². The number of rotatable bonds is 5. The molecule has 30 heavy (non-hydrogen) atoms. The number of fused-ring (bicyclic) bond motifs is 1. The van der Waals surface area contributed by atoms with Crippen molar-refractivity contribution >= 4 is 17.1 Å². The predicted octanol–water partition coefficient (Wildman–Crippen LogP) is 4.11. The van der Waals surface area contributed by atoms with E-state index in [4.69, 9.17) is 9.72 Å². The molecule has 1 amide bonds. The van der Waals surface area contributed by atoms with Crippen molar-refractivity contribution in [3.63, 3.8) is 0 Å². The molecule has 6 nitrogen and oxygen atoms in total. The second-order valence-electron chi connectivity index (χ2n) is 8.44. The Kier molecular flexibility index (Phi) is 5.15. The third kappa shape index (κ3) is 3.44. The number of ether oxygens (including phenoxy) is 1. The summed E-state index contributed by atoms with van der Waals surface area (Å²) in [6, 6.07) is 12.0. The van der Waals surface area contributed by atoms with Crippen LogP contribution in [0.15, 0.2) is 42.6 Å². The predicted molar refractivity (Wildman–Crippen MR) is 116 cm³/mol. The topological polar surface area (TPSA) is 60.2 Å². The molecule has 0 spiro atoms. The van der Waals surface area contributed by atoms with Crippen molar-refractivity contribution in [2.75, 3.05) is 20.2 Å². The van der Waals surface area contributed by atoms with Gasteiger partial charge >= 0.3 is 0 Å². The van der Waals surface area contributed by atoms with E-state index in [1.54, 1.807) is 7.11 Å². The number of hydrogen-bond acceptors (Lipinski definition) is 4. The van der Waals surface area contributed by atoms with E-state index in [1.807, 2.05) is 41.4 Å². The average molecular weight is 405 g/mol. The highest BCUT2D eigenvalue weighted by Crippen LogP contribution is 2.38. The van der Waals surface area contributed by atoms with E-state index in [0.717, 1.165) is 42.0 Å². The molecule has 1 saturated carbocycles. The fraction of sp³-hybridized carbons (Fsp3) is 0.458. The molecular weight excluding hydrogens is 376 g/mol. The van der Waals surface area contributed by atoms with Crippen molar-refractivity contribution < 1.29 is 9.53 Å². The van der Waals surface area contributed by atoms with Gasteiger partial charge in [0.2, 0.25) is 5.91 Å². The van der Waals surface area contributed by atoms with Crippen LogP contribution in [0, 0.1) is 0 Å². The van der Waals surface area contributed by atoms with Gasteiger partial charge in [0, 0.05) is 30.8 Å². The molecule has 5 rings (SSSR count). The summed E-state index contributed by atoms with van der Waals surface area (Å²) in [7, 11) is 1.65. The SMILES string of the molecule is COc1ccccc1CC(=O)N1CC[C@@H](n2c(C3CCCC3)nc3cccnc32)C1. The van der Waals surface area contributed by atoms with Gasteiger partial charge in [0.1, 0.15) is 17.1 Å². The molecule has 2 aliphatic rings. The van der Waals surface area contributed by atoms with E-state index < -0.39 is 0 Å². The molecule has 3 heterocycles. The van der Waals surface area contributed by atoms with Crippen LogP contribution in [0.3, 0.4) is 0 Å². The number of pyridine rings is 1. The Morgan fingerprint density at radius 2 is 1.97 bits per heavy atom. The van der Waals surface area contributed by atoms with Gasteiger partial charge in [0.25, 0.3) is 0 Å². The van der Waals surface area contributed by atoms with Crippen LogP contribution >= 0.6 is 0 Å². The summed E-state index contributed by atoms with van der Waals surface area (Å²) in [6.07, 6.45) is 8.11. The second-order valence-corrected chi connectivity index (χ2v) is 8.44. The summed E-state index contributed by atoms with van der Waals surface area (Å²) in [6.45, 7) is 1.49. The lowest BCUT2D eigenvalue weighted by molar-refractivity contribution is -0.129. The Bertz CT molecular complexity index is 1050.